The third-order valence-electron chi connectivity index (χ3n) is 2.44. The lowest BCUT2D eigenvalue weighted by Gasteiger charge is -2.19. The largest absolute Gasteiger partial charge is 0.508 e. The van der Waals surface area contributed by atoms with Gasteiger partial charge in [-0.15, -0.1) is 0 Å². The van der Waals surface area contributed by atoms with Crippen LogP contribution in [0.25, 0.3) is 0 Å². The molecule has 0 aliphatic carbocycles. The van der Waals surface area contributed by atoms with Gasteiger partial charge in [-0.3, -0.25) is 4.67 Å². The summed E-state index contributed by atoms with van der Waals surface area (Å²) in [6, 6.07) is 0. The molecular formula is C16H24NO2P. The van der Waals surface area contributed by atoms with Crippen molar-refractivity contribution < 1.29 is 9.63 Å². The van der Waals surface area contributed by atoms with E-state index in [4.69, 9.17) is 4.52 Å². The molecular weight excluding hydrogens is 269 g/mol. The summed E-state index contributed by atoms with van der Waals surface area (Å²) in [4.78, 5) is 0. The average Bonchev–Trinajstić information content (AvgIpc) is 2.36. The van der Waals surface area contributed by atoms with E-state index < -0.39 is 0 Å². The van der Waals surface area contributed by atoms with Crippen LogP contribution in [0.5, 0.6) is 0 Å². The average molecular weight is 293 g/mol. The second-order valence-corrected chi connectivity index (χ2v) is 5.80. The molecule has 0 amide bonds. The first-order chi connectivity index (χ1) is 9.26. The number of hydrogen-bond donors (Lipinski definition) is 1. The maximum Gasteiger partial charge on any atom is 0.148 e. The molecule has 0 bridgehead atoms. The standard InChI is InChI=1S/C16H24NO2P/c1-9-12(5)16(13(6)18)15(11(3)4)14(10-2)19-20-17(7)8/h9-10,18,20H,1-3,6H2,4-5,7-8H3/b15-14-,16-12+. The molecule has 0 saturated carbocycles. The van der Waals surface area contributed by atoms with Gasteiger partial charge in [0.1, 0.15) is 20.5 Å². The van der Waals surface area contributed by atoms with Crippen LogP contribution < -0.4 is 0 Å². The van der Waals surface area contributed by atoms with Crippen molar-refractivity contribution in [3.63, 3.8) is 0 Å². The van der Waals surface area contributed by atoms with Crippen LogP contribution >= 0.6 is 8.96 Å². The van der Waals surface area contributed by atoms with Gasteiger partial charge in [0, 0.05) is 11.1 Å². The fourth-order valence-electron chi connectivity index (χ4n) is 1.55. The van der Waals surface area contributed by atoms with Crippen molar-refractivity contribution in [1.29, 1.82) is 0 Å². The lowest BCUT2D eigenvalue weighted by atomic mass is 9.93. The van der Waals surface area contributed by atoms with E-state index in [-0.39, 0.29) is 14.7 Å². The molecule has 0 aliphatic rings. The molecule has 110 valence electrons. The summed E-state index contributed by atoms with van der Waals surface area (Å²) in [6.07, 6.45) is 3.27. The summed E-state index contributed by atoms with van der Waals surface area (Å²) in [5.41, 5.74) is 2.83. The van der Waals surface area contributed by atoms with Gasteiger partial charge in [-0.05, 0) is 45.2 Å². The van der Waals surface area contributed by atoms with Crippen molar-refractivity contribution in [2.24, 2.45) is 0 Å². The Balaban J connectivity index is 6.05. The van der Waals surface area contributed by atoms with Gasteiger partial charge in [0.05, 0.1) is 0 Å². The maximum absolute atomic E-state index is 9.88. The smallest absolute Gasteiger partial charge is 0.148 e. The lowest BCUT2D eigenvalue weighted by molar-refractivity contribution is 0.423. The van der Waals surface area contributed by atoms with E-state index in [1.807, 2.05) is 32.6 Å². The number of allylic oxidation sites excluding steroid dienone is 5. The minimum absolute atomic E-state index is 0.0449. The predicted molar refractivity (Wildman–Crippen MR) is 89.8 cm³/mol. The fourth-order valence-corrected chi connectivity index (χ4v) is 2.02. The minimum Gasteiger partial charge on any atom is -0.508 e. The molecule has 4 heteroatoms. The first-order valence-electron chi connectivity index (χ1n) is 6.10. The zero-order valence-corrected chi connectivity index (χ0v) is 13.8. The molecule has 1 atom stereocenters. The molecule has 0 aliphatic heterocycles. The Morgan fingerprint density at radius 3 is 1.95 bits per heavy atom. The Labute approximate surface area is 124 Å². The van der Waals surface area contributed by atoms with Crippen molar-refractivity contribution in [1.82, 2.24) is 4.67 Å². The van der Waals surface area contributed by atoms with Crippen molar-refractivity contribution in [3.05, 3.63) is 72.3 Å². The highest BCUT2D eigenvalue weighted by Crippen LogP contribution is 2.33. The van der Waals surface area contributed by atoms with E-state index in [1.54, 1.807) is 12.2 Å². The van der Waals surface area contributed by atoms with Gasteiger partial charge in [-0.1, -0.05) is 32.4 Å². The molecule has 0 spiro atoms. The summed E-state index contributed by atoms with van der Waals surface area (Å²) in [7, 11) is 3.97. The predicted octanol–water partition coefficient (Wildman–Crippen LogP) is 4.66. The van der Waals surface area contributed by atoms with Gasteiger partial charge in [-0.2, -0.15) is 0 Å². The van der Waals surface area contributed by atoms with E-state index in [2.05, 4.69) is 26.3 Å². The van der Waals surface area contributed by atoms with Gasteiger partial charge >= 0.3 is 0 Å². The highest BCUT2D eigenvalue weighted by Gasteiger charge is 2.17. The second-order valence-electron chi connectivity index (χ2n) is 4.52. The number of aliphatic hydroxyl groups excluding tert-OH is 1. The van der Waals surface area contributed by atoms with Crippen LogP contribution in [0, 0.1) is 0 Å². The van der Waals surface area contributed by atoms with Crippen molar-refractivity contribution in [2.75, 3.05) is 14.1 Å². The quantitative estimate of drug-likeness (QED) is 0.401. The Bertz CT molecular complexity index is 485. The molecule has 0 heterocycles. The second kappa shape index (κ2) is 8.57. The molecule has 0 fully saturated rings. The van der Waals surface area contributed by atoms with Gasteiger partial charge in [0.15, 0.2) is 0 Å². The fraction of sp³-hybridized carbons (Fsp3) is 0.250. The van der Waals surface area contributed by atoms with Gasteiger partial charge in [0.25, 0.3) is 0 Å². The molecule has 0 radical (unpaired) electrons. The molecule has 0 aromatic rings. The Morgan fingerprint density at radius 1 is 1.10 bits per heavy atom. The van der Waals surface area contributed by atoms with Crippen molar-refractivity contribution in [3.8, 4) is 0 Å². The summed E-state index contributed by atoms with van der Waals surface area (Å²) in [5, 5.41) is 9.88. The van der Waals surface area contributed by atoms with E-state index in [1.165, 1.54) is 0 Å². The SMILES string of the molecule is C=C/C(C)=C(C(=C)O)/C(C(=C)C)=C(/C=C)OPN(C)C. The summed E-state index contributed by atoms with van der Waals surface area (Å²) < 4.78 is 7.65. The van der Waals surface area contributed by atoms with E-state index in [9.17, 15) is 5.11 Å². The molecule has 0 rings (SSSR count). The van der Waals surface area contributed by atoms with Crippen LogP contribution in [-0.2, 0) is 4.52 Å². The monoisotopic (exact) mass is 293 g/mol. The van der Waals surface area contributed by atoms with Crippen LogP contribution in [0.4, 0.5) is 0 Å². The molecule has 1 unspecified atom stereocenters. The van der Waals surface area contributed by atoms with Crippen molar-refractivity contribution in [2.45, 2.75) is 13.8 Å². The maximum atomic E-state index is 9.88. The summed E-state index contributed by atoms with van der Waals surface area (Å²) >= 11 is 0. The van der Waals surface area contributed by atoms with Crippen LogP contribution in [0.1, 0.15) is 13.8 Å². The number of hydrogen-bond acceptors (Lipinski definition) is 3. The molecule has 0 saturated heterocycles. The van der Waals surface area contributed by atoms with Crippen LogP contribution in [0.2, 0.25) is 0 Å². The Kier molecular flexibility index (Phi) is 7.90. The van der Waals surface area contributed by atoms with Crippen LogP contribution in [0.15, 0.2) is 72.3 Å². The summed E-state index contributed by atoms with van der Waals surface area (Å²) in [5.74, 6) is 0.521. The normalized spacial score (nSPS) is 13.8. The highest BCUT2D eigenvalue weighted by atomic mass is 31.1. The van der Waals surface area contributed by atoms with E-state index in [0.717, 1.165) is 11.1 Å². The third kappa shape index (κ3) is 5.20. The number of aliphatic hydroxyl groups is 1. The molecule has 0 aromatic heterocycles. The lowest BCUT2D eigenvalue weighted by Crippen LogP contribution is -2.04. The number of nitrogens with zero attached hydrogens (tertiary/aromatic N) is 1. The highest BCUT2D eigenvalue weighted by molar-refractivity contribution is 7.29. The molecule has 20 heavy (non-hydrogen) atoms. The topological polar surface area (TPSA) is 32.7 Å². The van der Waals surface area contributed by atoms with Gasteiger partial charge in [-0.25, -0.2) is 0 Å². The van der Waals surface area contributed by atoms with Gasteiger partial charge < -0.3 is 9.63 Å². The zero-order valence-electron chi connectivity index (χ0n) is 12.8. The zero-order chi connectivity index (χ0) is 15.9. The first-order valence-corrected chi connectivity index (χ1v) is 6.96. The van der Waals surface area contributed by atoms with Crippen LogP contribution in [-0.4, -0.2) is 23.9 Å². The minimum atomic E-state index is -0.0449. The summed E-state index contributed by atoms with van der Waals surface area (Å²) in [6.45, 7) is 18.8. The molecule has 0 aromatic carbocycles. The Morgan fingerprint density at radius 2 is 1.65 bits per heavy atom. The van der Waals surface area contributed by atoms with Gasteiger partial charge in [0.2, 0.25) is 0 Å². The molecule has 1 N–H and O–H groups in total. The Hall–Kier alpha value is -1.57. The number of rotatable bonds is 8. The van der Waals surface area contributed by atoms with Crippen molar-refractivity contribution >= 4 is 8.96 Å². The van der Waals surface area contributed by atoms with Crippen LogP contribution in [0.3, 0.4) is 0 Å². The van der Waals surface area contributed by atoms with E-state index in [0.29, 0.717) is 16.9 Å². The molecule has 3 nitrogen and oxygen atoms in total. The van der Waals surface area contributed by atoms with E-state index >= 15 is 0 Å². The third-order valence-corrected chi connectivity index (χ3v) is 3.11. The first kappa shape index (κ1) is 18.4.